The normalized spacial score (nSPS) is 12.3. The molecule has 2 aromatic carbocycles. The first-order valence-electron chi connectivity index (χ1n) is 9.69. The molecule has 142 valence electrons. The summed E-state index contributed by atoms with van der Waals surface area (Å²) in [6.45, 7) is 8.10. The predicted molar refractivity (Wildman–Crippen MR) is 117 cm³/mol. The first-order chi connectivity index (χ1) is 12.4. The monoisotopic (exact) mass is 390 g/mol. The van der Waals surface area contributed by atoms with Gasteiger partial charge in [0.25, 0.3) is 0 Å². The summed E-state index contributed by atoms with van der Waals surface area (Å²) >= 11 is 0. The third-order valence-corrected chi connectivity index (χ3v) is 12.0. The largest absolute Gasteiger partial charge is 0.323 e. The molecule has 2 rings (SSSR count). The molecule has 0 N–H and O–H groups in total. The maximum absolute atomic E-state index is 12.7. The third kappa shape index (κ3) is 5.45. The van der Waals surface area contributed by atoms with Crippen molar-refractivity contribution in [3.8, 4) is 11.1 Å². The Morgan fingerprint density at radius 1 is 0.538 bits per heavy atom. The summed E-state index contributed by atoms with van der Waals surface area (Å²) in [5.74, 6) is 0. The molecule has 0 saturated carbocycles. The van der Waals surface area contributed by atoms with Gasteiger partial charge in [-0.05, 0) is 46.9 Å². The first-order valence-corrected chi connectivity index (χ1v) is 14.2. The van der Waals surface area contributed by atoms with Crippen molar-refractivity contribution in [3.63, 3.8) is 0 Å². The maximum atomic E-state index is 12.7. The standard InChI is InChI=1S/C22H32O2P2/c1-5-25(23,6-2)17-19-9-13-21(14-10-19)22-15-11-20(12-16-22)18-26(24,7-3)8-4/h9-16H,5-8,17-18H2,1-4H3. The Bertz CT molecular complexity index is 706. The number of rotatable bonds is 9. The topological polar surface area (TPSA) is 34.1 Å². The van der Waals surface area contributed by atoms with Crippen LogP contribution < -0.4 is 0 Å². The molecule has 0 aromatic heterocycles. The van der Waals surface area contributed by atoms with Crippen LogP contribution in [0.25, 0.3) is 11.1 Å². The van der Waals surface area contributed by atoms with Crippen LogP contribution in [0.2, 0.25) is 0 Å². The Labute approximate surface area is 159 Å². The Morgan fingerprint density at radius 3 is 1.04 bits per heavy atom. The maximum Gasteiger partial charge on any atom is 0.0914 e. The molecule has 0 amide bonds. The van der Waals surface area contributed by atoms with Crippen LogP contribution in [0.15, 0.2) is 48.5 Å². The molecule has 2 nitrogen and oxygen atoms in total. The zero-order chi connectivity index (χ0) is 19.2. The van der Waals surface area contributed by atoms with E-state index < -0.39 is 14.3 Å². The van der Waals surface area contributed by atoms with Crippen molar-refractivity contribution >= 4 is 14.3 Å². The lowest BCUT2D eigenvalue weighted by atomic mass is 10.0. The van der Waals surface area contributed by atoms with Crippen LogP contribution >= 0.6 is 14.3 Å². The van der Waals surface area contributed by atoms with E-state index in [1.54, 1.807) is 0 Å². The van der Waals surface area contributed by atoms with Crippen molar-refractivity contribution in [1.82, 2.24) is 0 Å². The number of benzene rings is 2. The minimum absolute atomic E-state index is 0.697. The molecule has 0 heterocycles. The van der Waals surface area contributed by atoms with Crippen LogP contribution in [0.5, 0.6) is 0 Å². The second kappa shape index (κ2) is 9.20. The summed E-state index contributed by atoms with van der Waals surface area (Å²) in [4.78, 5) is 0. The molecule has 0 spiro atoms. The van der Waals surface area contributed by atoms with Crippen LogP contribution in [-0.2, 0) is 21.5 Å². The number of hydrogen-bond acceptors (Lipinski definition) is 2. The van der Waals surface area contributed by atoms with Gasteiger partial charge < -0.3 is 9.13 Å². The van der Waals surface area contributed by atoms with Gasteiger partial charge in [-0.15, -0.1) is 0 Å². The molecule has 0 radical (unpaired) electrons. The summed E-state index contributed by atoms with van der Waals surface area (Å²) in [6.07, 6.45) is 4.47. The zero-order valence-corrected chi connectivity index (χ0v) is 18.4. The van der Waals surface area contributed by atoms with Gasteiger partial charge >= 0.3 is 0 Å². The summed E-state index contributed by atoms with van der Waals surface area (Å²) < 4.78 is 25.3. The van der Waals surface area contributed by atoms with Crippen molar-refractivity contribution in [2.24, 2.45) is 0 Å². The molecule has 0 fully saturated rings. The molecule has 4 heteroatoms. The van der Waals surface area contributed by atoms with Gasteiger partial charge in [0, 0.05) is 12.3 Å². The van der Waals surface area contributed by atoms with Crippen LogP contribution in [0.1, 0.15) is 38.8 Å². The smallest absolute Gasteiger partial charge is 0.0914 e. The van der Waals surface area contributed by atoms with E-state index >= 15 is 0 Å². The minimum atomic E-state index is -2.05. The Kier molecular flexibility index (Phi) is 7.51. The molecule has 0 bridgehead atoms. The fourth-order valence-electron chi connectivity index (χ4n) is 3.17. The van der Waals surface area contributed by atoms with Gasteiger partial charge in [-0.2, -0.15) is 0 Å². The fourth-order valence-corrected chi connectivity index (χ4v) is 6.71. The van der Waals surface area contributed by atoms with E-state index in [2.05, 4.69) is 48.5 Å². The molecule has 0 saturated heterocycles. The summed E-state index contributed by atoms with van der Waals surface area (Å²) in [6, 6.07) is 16.9. The van der Waals surface area contributed by atoms with Gasteiger partial charge in [-0.3, -0.25) is 0 Å². The van der Waals surface area contributed by atoms with Crippen LogP contribution in [-0.4, -0.2) is 24.6 Å². The van der Waals surface area contributed by atoms with Crippen molar-refractivity contribution in [2.45, 2.75) is 40.0 Å². The molecule has 0 aliphatic heterocycles. The van der Waals surface area contributed by atoms with E-state index in [0.29, 0.717) is 12.3 Å². The van der Waals surface area contributed by atoms with E-state index in [1.165, 1.54) is 0 Å². The molecule has 0 aliphatic rings. The van der Waals surface area contributed by atoms with Crippen LogP contribution in [0, 0.1) is 0 Å². The lowest BCUT2D eigenvalue weighted by Gasteiger charge is -2.15. The Hall–Kier alpha value is -1.10. The summed E-state index contributed by atoms with van der Waals surface area (Å²) in [5, 5.41) is 0. The fraction of sp³-hybridized carbons (Fsp3) is 0.455. The SMILES string of the molecule is CCP(=O)(CC)Cc1ccc(-c2ccc(CP(=O)(CC)CC)cc2)cc1. The van der Waals surface area contributed by atoms with E-state index in [4.69, 9.17) is 0 Å². The Balaban J connectivity index is 2.12. The van der Waals surface area contributed by atoms with Gasteiger partial charge in [0.15, 0.2) is 0 Å². The zero-order valence-electron chi connectivity index (χ0n) is 16.6. The lowest BCUT2D eigenvalue weighted by Crippen LogP contribution is -1.95. The number of hydrogen-bond donors (Lipinski definition) is 0. The predicted octanol–water partition coefficient (Wildman–Crippen LogP) is 7.16. The van der Waals surface area contributed by atoms with E-state index in [0.717, 1.165) is 46.9 Å². The van der Waals surface area contributed by atoms with Crippen molar-refractivity contribution in [1.29, 1.82) is 0 Å². The van der Waals surface area contributed by atoms with Gasteiger partial charge in [0.05, 0.1) is 14.3 Å². The van der Waals surface area contributed by atoms with Gasteiger partial charge in [0.2, 0.25) is 0 Å². The highest BCUT2D eigenvalue weighted by atomic mass is 31.2. The van der Waals surface area contributed by atoms with Gasteiger partial charge in [-0.25, -0.2) is 0 Å². The molecule has 0 atom stereocenters. The molecule has 2 aromatic rings. The van der Waals surface area contributed by atoms with Crippen molar-refractivity contribution in [3.05, 3.63) is 59.7 Å². The van der Waals surface area contributed by atoms with E-state index in [9.17, 15) is 9.13 Å². The molecular formula is C22H32O2P2. The van der Waals surface area contributed by atoms with Gasteiger partial charge in [0.1, 0.15) is 0 Å². The van der Waals surface area contributed by atoms with Crippen molar-refractivity contribution < 1.29 is 9.13 Å². The Morgan fingerprint density at radius 2 is 0.808 bits per heavy atom. The molecule has 0 aliphatic carbocycles. The highest BCUT2D eigenvalue weighted by Crippen LogP contribution is 2.49. The quantitative estimate of drug-likeness (QED) is 0.426. The highest BCUT2D eigenvalue weighted by molar-refractivity contribution is 7.63. The first kappa shape index (κ1) is 21.2. The molecular weight excluding hydrogens is 358 g/mol. The van der Waals surface area contributed by atoms with E-state index in [-0.39, 0.29) is 0 Å². The second-order valence-corrected chi connectivity index (χ2v) is 14.5. The van der Waals surface area contributed by atoms with Crippen molar-refractivity contribution in [2.75, 3.05) is 24.6 Å². The third-order valence-electron chi connectivity index (χ3n) is 5.49. The molecule has 26 heavy (non-hydrogen) atoms. The summed E-state index contributed by atoms with van der Waals surface area (Å²) in [5.41, 5.74) is 4.64. The second-order valence-electron chi connectivity index (χ2n) is 7.09. The van der Waals surface area contributed by atoms with E-state index in [1.807, 2.05) is 27.7 Å². The van der Waals surface area contributed by atoms with Crippen LogP contribution in [0.3, 0.4) is 0 Å². The van der Waals surface area contributed by atoms with Gasteiger partial charge in [-0.1, -0.05) is 76.2 Å². The van der Waals surface area contributed by atoms with Crippen LogP contribution in [0.4, 0.5) is 0 Å². The average molecular weight is 390 g/mol. The summed E-state index contributed by atoms with van der Waals surface area (Å²) in [7, 11) is -4.10. The lowest BCUT2D eigenvalue weighted by molar-refractivity contribution is 0.574. The minimum Gasteiger partial charge on any atom is -0.323 e. The molecule has 0 unspecified atom stereocenters. The highest BCUT2D eigenvalue weighted by Gasteiger charge is 2.18. The average Bonchev–Trinajstić information content (AvgIpc) is 2.69.